The SMILES string of the molecule is CCCCCC(=O)C[C@H]1CSCc2cc(CSCCNC(=O)c3ccc(NN)nc3)cc(c2)CSC[C@@H](C(=O)O)CC(=O)[C@H](Cc2ccccc2)NC(=O)[C@H](CCC(N)=O)NC(=O)[C@H]([C@@H](C)O)NC(=O)[C@@H]2CCCN2C(=O)[C@@H]2CCCN2C1=O. The van der Waals surface area contributed by atoms with E-state index < -0.39 is 95.9 Å². The van der Waals surface area contributed by atoms with Gasteiger partial charge < -0.3 is 52.4 Å². The number of benzene rings is 2. The summed E-state index contributed by atoms with van der Waals surface area (Å²) in [6, 6.07) is 11.5. The minimum absolute atomic E-state index is 0.00918. The maximum Gasteiger partial charge on any atom is 0.307 e. The lowest BCUT2D eigenvalue weighted by molar-refractivity contribution is -0.148. The number of carbonyl (C=O) groups excluding carboxylic acids is 9. The normalized spacial score (nSPS) is 23.0. The van der Waals surface area contributed by atoms with E-state index in [4.69, 9.17) is 11.6 Å². The number of aliphatic carboxylic acids is 1. The first-order valence-electron chi connectivity index (χ1n) is 28.7. The Kier molecular flexibility index (Phi) is 26.8. The highest BCUT2D eigenvalue weighted by Crippen LogP contribution is 2.31. The van der Waals surface area contributed by atoms with E-state index in [0.717, 1.165) is 29.5 Å². The summed E-state index contributed by atoms with van der Waals surface area (Å²) in [5, 5.41) is 32.2. The van der Waals surface area contributed by atoms with E-state index in [1.165, 1.54) is 41.5 Å². The van der Waals surface area contributed by atoms with Crippen molar-refractivity contribution in [2.45, 2.75) is 151 Å². The standard InChI is InChI=1S/C59H80N10O12S3/c1-3-4-6-13-44(71)28-42-34-83-32-39-24-38(31-82-23-20-62-53(74)41-16-19-51(67-61)63-30-41)25-40(26-39)33-84-35-43(59(80)81)29-49(72)46(27-37-11-7-5-8-12-37)65-54(75)45(17-18-50(60)73)64-56(77)52(36(2)70)66-55(76)47-14-9-21-68(47)58(79)48-15-10-22-69(48)57(42)78/h5,7-8,11-12,16,19,24-26,30,36,42-43,45-48,52,70H,3-4,6,9-10,13-15,17-18,20-23,27-29,31-35,61H2,1-2H3,(H2,60,73)(H,62,74)(H,63,67)(H,64,77)(H,65,75)(H,66,76)(H,80,81)/t36-,42+,43+,45+,46+,47+,48+,52+/m1/s1. The van der Waals surface area contributed by atoms with Gasteiger partial charge in [-0.2, -0.15) is 35.3 Å². The first-order valence-corrected chi connectivity index (χ1v) is 32.2. The Morgan fingerprint density at radius 3 is 2.13 bits per heavy atom. The highest BCUT2D eigenvalue weighted by Gasteiger charge is 2.45. The van der Waals surface area contributed by atoms with Crippen LogP contribution in [0.2, 0.25) is 0 Å². The second kappa shape index (κ2) is 33.8. The Hall–Kier alpha value is -6.54. The van der Waals surface area contributed by atoms with Gasteiger partial charge in [0, 0.05) is 86.0 Å². The number of hydrogen-bond acceptors (Lipinski definition) is 17. The number of anilines is 1. The number of carboxylic acids is 1. The first kappa shape index (κ1) is 66.6. The van der Waals surface area contributed by atoms with Crippen molar-refractivity contribution in [2.24, 2.45) is 23.4 Å². The molecule has 2 saturated heterocycles. The molecule has 22 nitrogen and oxygen atoms in total. The molecule has 0 spiro atoms. The quantitative estimate of drug-likeness (QED) is 0.0443. The van der Waals surface area contributed by atoms with E-state index in [2.05, 4.69) is 37.7 Å². The molecule has 2 fully saturated rings. The van der Waals surface area contributed by atoms with Gasteiger partial charge in [0.1, 0.15) is 35.8 Å². The van der Waals surface area contributed by atoms with Crippen LogP contribution in [0.5, 0.6) is 0 Å². The molecule has 2 aromatic carbocycles. The summed E-state index contributed by atoms with van der Waals surface area (Å²) < 4.78 is 0. The number of pyridine rings is 1. The number of aliphatic hydroxyl groups is 1. The van der Waals surface area contributed by atoms with Gasteiger partial charge in [-0.3, -0.25) is 47.9 Å². The molecule has 84 heavy (non-hydrogen) atoms. The zero-order valence-corrected chi connectivity index (χ0v) is 50.2. The minimum atomic E-state index is -1.67. The highest BCUT2D eigenvalue weighted by molar-refractivity contribution is 7.99. The van der Waals surface area contributed by atoms with E-state index in [1.807, 2.05) is 19.1 Å². The van der Waals surface area contributed by atoms with Crippen molar-refractivity contribution in [1.82, 2.24) is 36.1 Å². The number of hydrazine groups is 1. The number of aliphatic hydroxyl groups excluding tert-OH is 1. The van der Waals surface area contributed by atoms with Gasteiger partial charge >= 0.3 is 5.97 Å². The van der Waals surface area contributed by atoms with Crippen LogP contribution < -0.4 is 38.3 Å². The molecule has 3 aliphatic heterocycles. The average molecular weight is 1220 g/mol. The van der Waals surface area contributed by atoms with Crippen molar-refractivity contribution in [3.05, 3.63) is 94.7 Å². The number of ketones is 2. The van der Waals surface area contributed by atoms with E-state index in [1.54, 1.807) is 59.1 Å². The smallest absolute Gasteiger partial charge is 0.307 e. The molecular formula is C59H80N10O12S3. The summed E-state index contributed by atoms with van der Waals surface area (Å²) in [6.07, 6.45) is 2.85. The van der Waals surface area contributed by atoms with Crippen LogP contribution in [-0.4, -0.2) is 157 Å². The molecule has 7 amide bonds. The lowest BCUT2D eigenvalue weighted by atomic mass is 9.95. The van der Waals surface area contributed by atoms with Crippen LogP contribution in [0.3, 0.4) is 0 Å². The number of nitrogens with zero attached hydrogens (tertiary/aromatic N) is 3. The fraction of sp³-hybridized carbons (Fsp3) is 0.542. The number of fused-ring (bicyclic) bond motifs is 4. The lowest BCUT2D eigenvalue weighted by Crippen LogP contribution is -2.61. The summed E-state index contributed by atoms with van der Waals surface area (Å²) >= 11 is 4.39. The Bertz CT molecular complexity index is 2780. The van der Waals surface area contributed by atoms with Crippen LogP contribution in [-0.2, 0) is 66.8 Å². The fourth-order valence-electron chi connectivity index (χ4n) is 10.5. The van der Waals surface area contributed by atoms with Crippen LogP contribution >= 0.6 is 35.3 Å². The highest BCUT2D eigenvalue weighted by atomic mass is 32.2. The number of Topliss-reactive ketones (excluding diaryl/α,β-unsaturated/α-hetero) is 2. The maximum absolute atomic E-state index is 14.8. The number of amides is 7. The first-order chi connectivity index (χ1) is 40.3. The molecule has 1 aromatic heterocycles. The van der Waals surface area contributed by atoms with Gasteiger partial charge in [0.25, 0.3) is 5.91 Å². The van der Waals surface area contributed by atoms with Crippen molar-refractivity contribution >= 4 is 100.0 Å². The second-order valence-electron chi connectivity index (χ2n) is 21.6. The summed E-state index contributed by atoms with van der Waals surface area (Å²) in [5.41, 5.74) is 11.7. The molecule has 0 radical (unpaired) electrons. The minimum Gasteiger partial charge on any atom is -0.481 e. The summed E-state index contributed by atoms with van der Waals surface area (Å²) in [5.74, 6) is -0.379. The summed E-state index contributed by atoms with van der Waals surface area (Å²) in [6.45, 7) is 4.11. The van der Waals surface area contributed by atoms with Crippen molar-refractivity contribution in [3.63, 3.8) is 0 Å². The molecule has 25 heteroatoms. The number of carbonyl (C=O) groups is 10. The topological polar surface area (TPSA) is 343 Å². The predicted molar refractivity (Wildman–Crippen MR) is 323 cm³/mol. The van der Waals surface area contributed by atoms with Crippen molar-refractivity contribution in [3.8, 4) is 0 Å². The summed E-state index contributed by atoms with van der Waals surface area (Å²) in [4.78, 5) is 145. The molecule has 4 heterocycles. The number of primary amides is 1. The number of rotatable bonds is 20. The molecule has 11 N–H and O–H groups in total. The number of carboxylic acid groups (broad SMARTS) is 1. The zero-order chi connectivity index (χ0) is 60.7. The Morgan fingerprint density at radius 1 is 0.810 bits per heavy atom. The molecule has 3 aliphatic rings. The number of nitrogens with one attached hydrogen (secondary N) is 5. The van der Waals surface area contributed by atoms with Gasteiger partial charge in [0.2, 0.25) is 35.4 Å². The van der Waals surface area contributed by atoms with E-state index in [9.17, 15) is 58.2 Å². The van der Waals surface area contributed by atoms with Gasteiger partial charge in [-0.25, -0.2) is 10.8 Å². The number of nitrogen functional groups attached to an aromatic ring is 1. The summed E-state index contributed by atoms with van der Waals surface area (Å²) in [7, 11) is 0. The van der Waals surface area contributed by atoms with Gasteiger partial charge in [-0.15, -0.1) is 0 Å². The number of nitrogens with two attached hydrogens (primary N) is 2. The van der Waals surface area contributed by atoms with Gasteiger partial charge in [-0.1, -0.05) is 68.3 Å². The molecule has 8 atom stereocenters. The van der Waals surface area contributed by atoms with E-state index in [-0.39, 0.29) is 74.3 Å². The van der Waals surface area contributed by atoms with Crippen LogP contribution in [0.4, 0.5) is 5.82 Å². The zero-order valence-electron chi connectivity index (χ0n) is 47.7. The molecule has 3 aromatic rings. The molecule has 0 saturated carbocycles. The second-order valence-corrected chi connectivity index (χ2v) is 24.8. The molecular weight excluding hydrogens is 1140 g/mol. The molecule has 0 unspecified atom stereocenters. The third-order valence-corrected chi connectivity index (χ3v) is 18.3. The molecule has 456 valence electrons. The van der Waals surface area contributed by atoms with E-state index >= 15 is 0 Å². The van der Waals surface area contributed by atoms with Gasteiger partial charge in [-0.05, 0) is 86.3 Å². The van der Waals surface area contributed by atoms with E-state index in [0.29, 0.717) is 78.6 Å². The fourth-order valence-corrected chi connectivity index (χ4v) is 13.4. The van der Waals surface area contributed by atoms with Crippen molar-refractivity contribution in [2.75, 3.05) is 42.3 Å². The largest absolute Gasteiger partial charge is 0.481 e. The van der Waals surface area contributed by atoms with Crippen LogP contribution in [0.1, 0.15) is 124 Å². The third-order valence-electron chi connectivity index (χ3n) is 15.0. The van der Waals surface area contributed by atoms with Crippen LogP contribution in [0.15, 0.2) is 66.9 Å². The Balaban J connectivity index is 1.31. The molecule has 0 aliphatic carbocycles. The van der Waals surface area contributed by atoms with Crippen molar-refractivity contribution < 1.29 is 58.2 Å². The monoisotopic (exact) mass is 1220 g/mol. The number of aromatic nitrogens is 1. The maximum atomic E-state index is 14.8. The third kappa shape index (κ3) is 20.3. The molecule has 6 rings (SSSR count). The lowest BCUT2D eigenvalue weighted by Gasteiger charge is -2.33. The molecule has 2 bridgehead atoms. The predicted octanol–water partition coefficient (Wildman–Crippen LogP) is 3.65. The van der Waals surface area contributed by atoms with Crippen LogP contribution in [0.25, 0.3) is 0 Å². The number of thioether (sulfide) groups is 3. The van der Waals surface area contributed by atoms with Crippen LogP contribution in [0, 0.1) is 11.8 Å². The Morgan fingerprint density at radius 2 is 1.49 bits per heavy atom. The van der Waals surface area contributed by atoms with Gasteiger partial charge in [0.05, 0.1) is 29.5 Å². The number of unbranched alkanes of at least 4 members (excludes halogenated alkanes) is 2. The Labute approximate surface area is 503 Å². The van der Waals surface area contributed by atoms with Gasteiger partial charge in [0.15, 0.2) is 5.78 Å². The number of hydrogen-bond donors (Lipinski definition) is 9. The van der Waals surface area contributed by atoms with Crippen molar-refractivity contribution in [1.29, 1.82) is 0 Å². The average Bonchev–Trinajstić information content (AvgIpc) is 4.40.